The number of fused-ring (bicyclic) bond motifs is 1. The van der Waals surface area contributed by atoms with E-state index < -0.39 is 36.2 Å². The normalized spacial score (nSPS) is 17.6. The van der Waals surface area contributed by atoms with Gasteiger partial charge >= 0.3 is 18.1 Å². The van der Waals surface area contributed by atoms with Crippen LogP contribution in [0.2, 0.25) is 0 Å². The summed E-state index contributed by atoms with van der Waals surface area (Å²) in [7, 11) is 0. The summed E-state index contributed by atoms with van der Waals surface area (Å²) < 4.78 is 58.8. The monoisotopic (exact) mass is 708 g/mol. The number of alkyl halides is 3. The van der Waals surface area contributed by atoms with Crippen molar-refractivity contribution in [3.8, 4) is 16.9 Å². The first-order chi connectivity index (χ1) is 24.7. The Morgan fingerprint density at radius 2 is 1.35 bits per heavy atom. The average molecular weight is 709 g/mol. The topological polar surface area (TPSA) is 78.9 Å². The van der Waals surface area contributed by atoms with Gasteiger partial charge in [0, 0.05) is 18.8 Å². The average Bonchev–Trinajstić information content (AvgIpc) is 3.12. The SMILES string of the molecule is CCCCCCCCCC(=O)Oc1ccc(-c2ccccc2C2c3ccccc3C(OC=O)CC2C(=O)O[C@H](CCCCCC)C(F)(F)F)cc1. The molecular formula is C42H51F3O6. The summed E-state index contributed by atoms with van der Waals surface area (Å²) in [5.41, 5.74) is 3.61. The van der Waals surface area contributed by atoms with Crippen molar-refractivity contribution in [2.45, 2.75) is 128 Å². The van der Waals surface area contributed by atoms with Crippen molar-refractivity contribution in [2.75, 3.05) is 0 Å². The van der Waals surface area contributed by atoms with Crippen LogP contribution in [0.1, 0.15) is 132 Å². The summed E-state index contributed by atoms with van der Waals surface area (Å²) in [5, 5.41) is 0. The summed E-state index contributed by atoms with van der Waals surface area (Å²) in [6, 6.07) is 21.7. The van der Waals surface area contributed by atoms with Gasteiger partial charge in [-0.05, 0) is 59.2 Å². The van der Waals surface area contributed by atoms with Crippen LogP contribution in [-0.4, -0.2) is 30.7 Å². The van der Waals surface area contributed by atoms with Gasteiger partial charge in [-0.1, -0.05) is 132 Å². The number of benzene rings is 3. The van der Waals surface area contributed by atoms with Crippen LogP contribution in [0.25, 0.3) is 11.1 Å². The van der Waals surface area contributed by atoms with E-state index in [2.05, 4.69) is 6.92 Å². The highest BCUT2D eigenvalue weighted by Gasteiger charge is 2.47. The summed E-state index contributed by atoms with van der Waals surface area (Å²) in [6.07, 6.45) is 2.48. The maximum atomic E-state index is 14.2. The number of ether oxygens (including phenoxy) is 3. The van der Waals surface area contributed by atoms with Gasteiger partial charge in [0.1, 0.15) is 11.9 Å². The number of carbonyl (C=O) groups is 3. The van der Waals surface area contributed by atoms with Crippen LogP contribution < -0.4 is 4.74 Å². The third-order valence-electron chi connectivity index (χ3n) is 9.69. The quantitative estimate of drug-likeness (QED) is 0.0503. The Kier molecular flexibility index (Phi) is 15.6. The molecule has 0 amide bonds. The minimum atomic E-state index is -4.72. The fraction of sp³-hybridized carbons (Fsp3) is 0.500. The van der Waals surface area contributed by atoms with Crippen molar-refractivity contribution in [3.05, 3.63) is 89.5 Å². The lowest BCUT2D eigenvalue weighted by molar-refractivity contribution is -0.225. The second-order valence-corrected chi connectivity index (χ2v) is 13.4. The van der Waals surface area contributed by atoms with Crippen LogP contribution in [0.4, 0.5) is 13.2 Å². The number of hydrogen-bond acceptors (Lipinski definition) is 6. The molecule has 9 heteroatoms. The van der Waals surface area contributed by atoms with Crippen LogP contribution in [0.5, 0.6) is 5.75 Å². The third kappa shape index (κ3) is 11.4. The van der Waals surface area contributed by atoms with Gasteiger partial charge in [0.25, 0.3) is 6.47 Å². The van der Waals surface area contributed by atoms with E-state index in [9.17, 15) is 27.6 Å². The molecule has 0 saturated heterocycles. The van der Waals surface area contributed by atoms with Crippen molar-refractivity contribution >= 4 is 18.4 Å². The van der Waals surface area contributed by atoms with Gasteiger partial charge in [0.2, 0.25) is 0 Å². The summed E-state index contributed by atoms with van der Waals surface area (Å²) in [5.74, 6) is -2.61. The van der Waals surface area contributed by atoms with Gasteiger partial charge in [-0.3, -0.25) is 14.4 Å². The summed E-state index contributed by atoms with van der Waals surface area (Å²) >= 11 is 0. The summed E-state index contributed by atoms with van der Waals surface area (Å²) in [4.78, 5) is 37.9. The van der Waals surface area contributed by atoms with Crippen molar-refractivity contribution in [1.82, 2.24) is 0 Å². The van der Waals surface area contributed by atoms with E-state index in [1.54, 1.807) is 24.3 Å². The van der Waals surface area contributed by atoms with Crippen LogP contribution in [-0.2, 0) is 23.9 Å². The van der Waals surface area contributed by atoms with E-state index in [1.165, 1.54) is 25.7 Å². The van der Waals surface area contributed by atoms with E-state index in [-0.39, 0.29) is 25.2 Å². The number of rotatable bonds is 20. The maximum absolute atomic E-state index is 14.2. The lowest BCUT2D eigenvalue weighted by Gasteiger charge is -2.37. The van der Waals surface area contributed by atoms with Crippen molar-refractivity contribution < 1.29 is 41.8 Å². The molecule has 0 spiro atoms. The number of carbonyl (C=O) groups excluding carboxylic acids is 3. The van der Waals surface area contributed by atoms with Gasteiger partial charge in [0.15, 0.2) is 6.10 Å². The largest absolute Gasteiger partial charge is 0.460 e. The van der Waals surface area contributed by atoms with E-state index in [1.807, 2.05) is 55.5 Å². The molecular weight excluding hydrogens is 657 g/mol. The molecule has 0 bridgehead atoms. The first kappa shape index (κ1) is 39.6. The lowest BCUT2D eigenvalue weighted by atomic mass is 9.69. The zero-order valence-corrected chi connectivity index (χ0v) is 29.8. The maximum Gasteiger partial charge on any atom is 0.425 e. The van der Waals surface area contributed by atoms with Crippen LogP contribution >= 0.6 is 0 Å². The van der Waals surface area contributed by atoms with Crippen LogP contribution in [0.15, 0.2) is 72.8 Å². The molecule has 1 aliphatic carbocycles. The van der Waals surface area contributed by atoms with Gasteiger partial charge in [-0.25, -0.2) is 0 Å². The molecule has 276 valence electrons. The number of halogens is 3. The molecule has 6 nitrogen and oxygen atoms in total. The molecule has 1 aliphatic rings. The predicted octanol–water partition coefficient (Wildman–Crippen LogP) is 11.2. The van der Waals surface area contributed by atoms with E-state index in [0.717, 1.165) is 43.2 Å². The zero-order chi connectivity index (χ0) is 36.6. The standard InChI is InChI=1S/C42H51F3O6/c1-3-5-7-9-10-11-13-23-39(47)50-31-26-24-30(25-27-31)32-18-14-16-20-34(32)40-35-21-17-15-19-33(35)37(49-29-46)28-36(40)41(48)51-38(42(43,44)45)22-12-8-6-4-2/h14-21,24-27,29,36-38,40H,3-13,22-23,28H2,1-2H3/t36?,37?,38-,40?/m1/s1. The van der Waals surface area contributed by atoms with Gasteiger partial charge < -0.3 is 14.2 Å². The van der Waals surface area contributed by atoms with Gasteiger partial charge in [0.05, 0.1) is 5.92 Å². The molecule has 0 saturated carbocycles. The molecule has 51 heavy (non-hydrogen) atoms. The predicted molar refractivity (Wildman–Crippen MR) is 191 cm³/mol. The molecule has 0 N–H and O–H groups in total. The highest BCUT2D eigenvalue weighted by molar-refractivity contribution is 5.79. The molecule has 0 heterocycles. The number of unbranched alkanes of at least 4 members (excludes halogenated alkanes) is 9. The highest BCUT2D eigenvalue weighted by atomic mass is 19.4. The fourth-order valence-corrected chi connectivity index (χ4v) is 7.03. The first-order valence-electron chi connectivity index (χ1n) is 18.5. The molecule has 0 fully saturated rings. The third-order valence-corrected chi connectivity index (χ3v) is 9.69. The minimum absolute atomic E-state index is 0.0401. The molecule has 0 aromatic heterocycles. The number of hydrogen-bond donors (Lipinski definition) is 0. The van der Waals surface area contributed by atoms with E-state index in [0.29, 0.717) is 41.8 Å². The van der Waals surface area contributed by atoms with E-state index in [4.69, 9.17) is 14.2 Å². The Bertz CT molecular complexity index is 1540. The van der Waals surface area contributed by atoms with Crippen molar-refractivity contribution in [3.63, 3.8) is 0 Å². The smallest absolute Gasteiger partial charge is 0.425 e. The molecule has 0 radical (unpaired) electrons. The molecule has 4 rings (SSSR count). The van der Waals surface area contributed by atoms with Gasteiger partial charge in [-0.15, -0.1) is 0 Å². The molecule has 4 atom stereocenters. The number of esters is 2. The lowest BCUT2D eigenvalue weighted by Crippen LogP contribution is -2.39. The van der Waals surface area contributed by atoms with Crippen molar-refractivity contribution in [1.29, 1.82) is 0 Å². The Labute approximate surface area is 300 Å². The van der Waals surface area contributed by atoms with Gasteiger partial charge in [-0.2, -0.15) is 13.2 Å². The zero-order valence-electron chi connectivity index (χ0n) is 29.8. The minimum Gasteiger partial charge on any atom is -0.460 e. The Morgan fingerprint density at radius 3 is 2.00 bits per heavy atom. The highest BCUT2D eigenvalue weighted by Crippen LogP contribution is 2.49. The molecule has 3 aromatic carbocycles. The molecule has 3 aromatic rings. The summed E-state index contributed by atoms with van der Waals surface area (Å²) in [6.45, 7) is 4.46. The van der Waals surface area contributed by atoms with E-state index >= 15 is 0 Å². The Balaban J connectivity index is 1.59. The second kappa shape index (κ2) is 20.0. The Morgan fingerprint density at radius 1 is 0.765 bits per heavy atom. The molecule has 3 unspecified atom stereocenters. The fourth-order valence-electron chi connectivity index (χ4n) is 7.03. The Hall–Kier alpha value is -4.14. The van der Waals surface area contributed by atoms with Crippen LogP contribution in [0, 0.1) is 5.92 Å². The molecule has 0 aliphatic heterocycles. The van der Waals surface area contributed by atoms with Crippen LogP contribution in [0.3, 0.4) is 0 Å². The van der Waals surface area contributed by atoms with Crippen molar-refractivity contribution in [2.24, 2.45) is 5.92 Å². The first-order valence-corrected chi connectivity index (χ1v) is 18.5. The second-order valence-electron chi connectivity index (χ2n) is 13.4.